The molecule has 0 aromatic heterocycles. The Kier molecular flexibility index (Phi) is 5.07. The Morgan fingerprint density at radius 1 is 1.35 bits per heavy atom. The summed E-state index contributed by atoms with van der Waals surface area (Å²) in [5, 5.41) is 0.292. The molecule has 1 aliphatic rings. The standard InChI is InChI=1S/C14H21ClN2O2S/c1-10-5-4-8-13(14(10)15)20(18,19)17-12-7-3-2-6-11(12)9-16/h4-5,8,11-12,17H,2-3,6-7,9,16H2,1H3. The molecule has 3 N–H and O–H groups in total. The van der Waals surface area contributed by atoms with Gasteiger partial charge in [0.2, 0.25) is 10.0 Å². The van der Waals surface area contributed by atoms with Gasteiger partial charge in [0.05, 0.1) is 5.02 Å². The van der Waals surface area contributed by atoms with Gasteiger partial charge in [0.25, 0.3) is 0 Å². The Bertz CT molecular complexity index is 575. The molecule has 0 amide bonds. The van der Waals surface area contributed by atoms with Crippen LogP contribution in [0.5, 0.6) is 0 Å². The maximum Gasteiger partial charge on any atom is 0.242 e. The third-order valence-corrected chi connectivity index (χ3v) is 6.11. The highest BCUT2D eigenvalue weighted by Crippen LogP contribution is 2.28. The molecule has 1 aromatic rings. The summed E-state index contributed by atoms with van der Waals surface area (Å²) >= 11 is 6.12. The number of nitrogens with two attached hydrogens (primary N) is 1. The van der Waals surface area contributed by atoms with Gasteiger partial charge in [-0.3, -0.25) is 0 Å². The van der Waals surface area contributed by atoms with Crippen LogP contribution in [0, 0.1) is 12.8 Å². The first-order chi connectivity index (χ1) is 9.45. The number of hydrogen-bond acceptors (Lipinski definition) is 3. The summed E-state index contributed by atoms with van der Waals surface area (Å²) in [7, 11) is -3.59. The molecular formula is C14H21ClN2O2S. The fraction of sp³-hybridized carbons (Fsp3) is 0.571. The summed E-state index contributed by atoms with van der Waals surface area (Å²) < 4.78 is 27.8. The first kappa shape index (κ1) is 15.8. The fourth-order valence-electron chi connectivity index (χ4n) is 2.74. The summed E-state index contributed by atoms with van der Waals surface area (Å²) in [5.74, 6) is 0.210. The second-order valence-corrected chi connectivity index (χ2v) is 7.46. The van der Waals surface area contributed by atoms with Crippen molar-refractivity contribution in [3.63, 3.8) is 0 Å². The lowest BCUT2D eigenvalue weighted by molar-refractivity contribution is 0.296. The maximum atomic E-state index is 12.5. The Hall–Kier alpha value is -0.620. The van der Waals surface area contributed by atoms with Gasteiger partial charge in [-0.15, -0.1) is 0 Å². The molecule has 1 aromatic carbocycles. The second kappa shape index (κ2) is 6.43. The van der Waals surface area contributed by atoms with Crippen molar-refractivity contribution >= 4 is 21.6 Å². The minimum atomic E-state index is -3.59. The predicted molar refractivity (Wildman–Crippen MR) is 81.3 cm³/mol. The Morgan fingerprint density at radius 2 is 2.05 bits per heavy atom. The van der Waals surface area contributed by atoms with E-state index in [4.69, 9.17) is 17.3 Å². The Labute approximate surface area is 125 Å². The van der Waals surface area contributed by atoms with Crippen LogP contribution >= 0.6 is 11.6 Å². The topological polar surface area (TPSA) is 72.2 Å². The van der Waals surface area contributed by atoms with E-state index >= 15 is 0 Å². The number of hydrogen-bond donors (Lipinski definition) is 2. The van der Waals surface area contributed by atoms with Crippen LogP contribution in [0.3, 0.4) is 0 Å². The molecule has 0 heterocycles. The lowest BCUT2D eigenvalue weighted by Gasteiger charge is -2.31. The zero-order valence-electron chi connectivity index (χ0n) is 11.6. The third kappa shape index (κ3) is 3.34. The molecule has 0 bridgehead atoms. The normalized spacial score (nSPS) is 23.8. The molecule has 112 valence electrons. The molecule has 0 spiro atoms. The lowest BCUT2D eigenvalue weighted by atomic mass is 9.85. The van der Waals surface area contributed by atoms with Gasteiger partial charge in [-0.2, -0.15) is 0 Å². The van der Waals surface area contributed by atoms with Crippen molar-refractivity contribution in [1.82, 2.24) is 4.72 Å². The van der Waals surface area contributed by atoms with Crippen LogP contribution < -0.4 is 10.5 Å². The Morgan fingerprint density at radius 3 is 2.75 bits per heavy atom. The Balaban J connectivity index is 2.24. The van der Waals surface area contributed by atoms with Crippen molar-refractivity contribution in [2.75, 3.05) is 6.54 Å². The molecule has 2 unspecified atom stereocenters. The number of halogens is 1. The van der Waals surface area contributed by atoms with Crippen LogP contribution in [0.4, 0.5) is 0 Å². The molecule has 2 atom stereocenters. The van der Waals surface area contributed by atoms with Gasteiger partial charge in [0, 0.05) is 6.04 Å². The van der Waals surface area contributed by atoms with Gasteiger partial charge in [0.1, 0.15) is 4.90 Å². The summed E-state index contributed by atoms with van der Waals surface area (Å²) in [6.07, 6.45) is 3.96. The zero-order valence-corrected chi connectivity index (χ0v) is 13.2. The number of rotatable bonds is 4. The molecular weight excluding hydrogens is 296 g/mol. The van der Waals surface area contributed by atoms with E-state index in [0.717, 1.165) is 31.2 Å². The van der Waals surface area contributed by atoms with Gasteiger partial charge in [0.15, 0.2) is 0 Å². The van der Waals surface area contributed by atoms with E-state index in [1.807, 2.05) is 0 Å². The number of benzene rings is 1. The van der Waals surface area contributed by atoms with E-state index in [0.29, 0.717) is 11.6 Å². The van der Waals surface area contributed by atoms with Crippen molar-refractivity contribution in [1.29, 1.82) is 0 Å². The van der Waals surface area contributed by atoms with Crippen LogP contribution in [0.15, 0.2) is 23.1 Å². The van der Waals surface area contributed by atoms with E-state index in [-0.39, 0.29) is 16.9 Å². The molecule has 1 saturated carbocycles. The van der Waals surface area contributed by atoms with Crippen LogP contribution in [0.2, 0.25) is 5.02 Å². The molecule has 20 heavy (non-hydrogen) atoms. The van der Waals surface area contributed by atoms with Crippen LogP contribution in [-0.4, -0.2) is 21.0 Å². The minimum Gasteiger partial charge on any atom is -0.330 e. The third-order valence-electron chi connectivity index (χ3n) is 3.96. The first-order valence-corrected chi connectivity index (χ1v) is 8.79. The zero-order chi connectivity index (χ0) is 14.8. The number of aryl methyl sites for hydroxylation is 1. The summed E-state index contributed by atoms with van der Waals surface area (Å²) in [6.45, 7) is 2.30. The largest absolute Gasteiger partial charge is 0.330 e. The quantitative estimate of drug-likeness (QED) is 0.896. The minimum absolute atomic E-state index is 0.0877. The molecule has 0 saturated heterocycles. The molecule has 4 nitrogen and oxygen atoms in total. The van der Waals surface area contributed by atoms with Gasteiger partial charge in [-0.1, -0.05) is 36.6 Å². The molecule has 1 fully saturated rings. The van der Waals surface area contributed by atoms with Crippen LogP contribution in [-0.2, 0) is 10.0 Å². The first-order valence-electron chi connectivity index (χ1n) is 6.93. The van der Waals surface area contributed by atoms with Gasteiger partial charge in [-0.05, 0) is 43.9 Å². The molecule has 2 rings (SSSR count). The van der Waals surface area contributed by atoms with Crippen molar-refractivity contribution in [2.24, 2.45) is 11.7 Å². The summed E-state index contributed by atoms with van der Waals surface area (Å²) in [6, 6.07) is 4.95. The van der Waals surface area contributed by atoms with Crippen molar-refractivity contribution < 1.29 is 8.42 Å². The van der Waals surface area contributed by atoms with Crippen molar-refractivity contribution in [2.45, 2.75) is 43.5 Å². The van der Waals surface area contributed by atoms with Gasteiger partial charge in [-0.25, -0.2) is 13.1 Å². The predicted octanol–water partition coefficient (Wildman–Crippen LogP) is 2.44. The van der Waals surface area contributed by atoms with Crippen LogP contribution in [0.1, 0.15) is 31.2 Å². The van der Waals surface area contributed by atoms with E-state index in [9.17, 15) is 8.42 Å². The fourth-order valence-corrected chi connectivity index (χ4v) is 4.66. The average Bonchev–Trinajstić information content (AvgIpc) is 2.42. The van der Waals surface area contributed by atoms with E-state index in [1.54, 1.807) is 19.1 Å². The summed E-state index contributed by atoms with van der Waals surface area (Å²) in [5.41, 5.74) is 6.50. The second-order valence-electron chi connectivity index (χ2n) is 5.40. The molecule has 1 aliphatic carbocycles. The van der Waals surface area contributed by atoms with E-state index < -0.39 is 10.0 Å². The van der Waals surface area contributed by atoms with E-state index in [1.165, 1.54) is 6.07 Å². The highest BCUT2D eigenvalue weighted by Gasteiger charge is 2.29. The molecule has 0 aliphatic heterocycles. The van der Waals surface area contributed by atoms with Crippen LogP contribution in [0.25, 0.3) is 0 Å². The average molecular weight is 317 g/mol. The highest BCUT2D eigenvalue weighted by atomic mass is 35.5. The highest BCUT2D eigenvalue weighted by molar-refractivity contribution is 7.89. The number of sulfonamides is 1. The molecule has 6 heteroatoms. The SMILES string of the molecule is Cc1cccc(S(=O)(=O)NC2CCCCC2CN)c1Cl. The monoisotopic (exact) mass is 316 g/mol. The van der Waals surface area contributed by atoms with E-state index in [2.05, 4.69) is 4.72 Å². The van der Waals surface area contributed by atoms with Crippen molar-refractivity contribution in [3.8, 4) is 0 Å². The molecule has 0 radical (unpaired) electrons. The van der Waals surface area contributed by atoms with Crippen molar-refractivity contribution in [3.05, 3.63) is 28.8 Å². The summed E-state index contributed by atoms with van der Waals surface area (Å²) in [4.78, 5) is 0.153. The van der Waals surface area contributed by atoms with Gasteiger partial charge >= 0.3 is 0 Å². The lowest BCUT2D eigenvalue weighted by Crippen LogP contribution is -2.44. The number of nitrogens with one attached hydrogen (secondary N) is 1. The maximum absolute atomic E-state index is 12.5. The van der Waals surface area contributed by atoms with Gasteiger partial charge < -0.3 is 5.73 Å². The smallest absolute Gasteiger partial charge is 0.242 e.